The normalized spacial score (nSPS) is 22.8. The zero-order valence-electron chi connectivity index (χ0n) is 14.5. The number of benzene rings is 1. The van der Waals surface area contributed by atoms with Gasteiger partial charge in [0.25, 0.3) is 0 Å². The molecule has 0 fully saturated rings. The summed E-state index contributed by atoms with van der Waals surface area (Å²) in [5, 5.41) is 3.59. The third-order valence-electron chi connectivity index (χ3n) is 5.23. The number of allylic oxidation sites excluding steroid dienone is 6. The highest BCUT2D eigenvalue weighted by molar-refractivity contribution is 5.71. The largest absolute Gasteiger partial charge is 0.395 e. The molecule has 0 aromatic heterocycles. The van der Waals surface area contributed by atoms with Crippen LogP contribution in [0.15, 0.2) is 78.2 Å². The third kappa shape index (κ3) is 3.60. The number of aldehydes is 1. The van der Waals surface area contributed by atoms with Crippen LogP contribution in [0.1, 0.15) is 37.7 Å². The van der Waals surface area contributed by atoms with E-state index in [0.29, 0.717) is 12.2 Å². The predicted molar refractivity (Wildman–Crippen MR) is 103 cm³/mol. The molecule has 0 heterocycles. The summed E-state index contributed by atoms with van der Waals surface area (Å²) in [6.07, 6.45) is 18.7. The van der Waals surface area contributed by atoms with Crippen molar-refractivity contribution in [2.45, 2.75) is 37.6 Å². The first-order valence-corrected chi connectivity index (χ1v) is 9.02. The first-order chi connectivity index (χ1) is 12.3. The lowest BCUT2D eigenvalue weighted by atomic mass is 9.66. The first-order valence-electron chi connectivity index (χ1n) is 9.02. The fourth-order valence-electron chi connectivity index (χ4n) is 4.03. The summed E-state index contributed by atoms with van der Waals surface area (Å²) < 4.78 is 0. The van der Waals surface area contributed by atoms with E-state index in [1.807, 2.05) is 6.07 Å². The highest BCUT2D eigenvalue weighted by atomic mass is 16.1. The van der Waals surface area contributed by atoms with E-state index in [1.165, 1.54) is 11.1 Å². The van der Waals surface area contributed by atoms with Gasteiger partial charge in [-0.05, 0) is 49.2 Å². The van der Waals surface area contributed by atoms with Gasteiger partial charge in [-0.25, -0.2) is 0 Å². The third-order valence-corrected chi connectivity index (χ3v) is 5.23. The lowest BCUT2D eigenvalue weighted by molar-refractivity contribution is -0.105. The van der Waals surface area contributed by atoms with E-state index in [0.717, 1.165) is 32.1 Å². The van der Waals surface area contributed by atoms with Gasteiger partial charge < -0.3 is 11.1 Å². The maximum absolute atomic E-state index is 11.0. The summed E-state index contributed by atoms with van der Waals surface area (Å²) >= 11 is 0. The van der Waals surface area contributed by atoms with E-state index in [-0.39, 0.29) is 11.2 Å². The second-order valence-corrected chi connectivity index (χ2v) is 6.72. The smallest absolute Gasteiger partial charge is 0.167 e. The molecule has 0 radical (unpaired) electrons. The van der Waals surface area contributed by atoms with Gasteiger partial charge in [-0.1, -0.05) is 60.7 Å². The molecule has 3 heteroatoms. The maximum atomic E-state index is 11.0. The quantitative estimate of drug-likeness (QED) is 0.468. The number of rotatable bonds is 6. The maximum Gasteiger partial charge on any atom is 0.167 e. The fourth-order valence-corrected chi connectivity index (χ4v) is 4.03. The molecule has 3 N–H and O–H groups in total. The van der Waals surface area contributed by atoms with Gasteiger partial charge in [0.1, 0.15) is 0 Å². The number of nitrogens with two attached hydrogens (primary N) is 1. The molecule has 0 saturated heterocycles. The van der Waals surface area contributed by atoms with Crippen LogP contribution >= 0.6 is 0 Å². The molecule has 3 rings (SSSR count). The van der Waals surface area contributed by atoms with Gasteiger partial charge >= 0.3 is 0 Å². The van der Waals surface area contributed by atoms with E-state index in [2.05, 4.69) is 60.0 Å². The van der Waals surface area contributed by atoms with Crippen LogP contribution in [0.5, 0.6) is 0 Å². The summed E-state index contributed by atoms with van der Waals surface area (Å²) in [6.45, 7) is 0. The zero-order valence-corrected chi connectivity index (χ0v) is 14.5. The van der Waals surface area contributed by atoms with Gasteiger partial charge in [-0.3, -0.25) is 4.79 Å². The lowest BCUT2D eigenvalue weighted by Crippen LogP contribution is -2.49. The minimum Gasteiger partial charge on any atom is -0.395 e. The summed E-state index contributed by atoms with van der Waals surface area (Å²) in [5.41, 5.74) is 8.26. The van der Waals surface area contributed by atoms with Gasteiger partial charge in [-0.15, -0.1) is 0 Å². The second-order valence-electron chi connectivity index (χ2n) is 6.72. The van der Waals surface area contributed by atoms with Crippen molar-refractivity contribution in [2.75, 3.05) is 0 Å². The Kier molecular flexibility index (Phi) is 5.54. The van der Waals surface area contributed by atoms with Crippen LogP contribution in [0.4, 0.5) is 0 Å². The lowest BCUT2D eigenvalue weighted by Gasteiger charge is -2.45. The minimum absolute atomic E-state index is 0.221. The summed E-state index contributed by atoms with van der Waals surface area (Å²) in [5.74, 6) is 0.411. The number of carbonyl (C=O) groups is 1. The van der Waals surface area contributed by atoms with E-state index in [1.54, 1.807) is 6.20 Å². The van der Waals surface area contributed by atoms with Gasteiger partial charge in [-0.2, -0.15) is 0 Å². The Balaban J connectivity index is 2.14. The molecule has 0 aliphatic heterocycles. The monoisotopic (exact) mass is 334 g/mol. The molecule has 0 amide bonds. The van der Waals surface area contributed by atoms with E-state index < -0.39 is 0 Å². The summed E-state index contributed by atoms with van der Waals surface area (Å²) in [4.78, 5) is 11.0. The second kappa shape index (κ2) is 8.02. The summed E-state index contributed by atoms with van der Waals surface area (Å²) in [6, 6.07) is 10.6. The highest BCUT2D eigenvalue weighted by Gasteiger charge is 2.42. The number of nitrogens with one attached hydrogen (secondary N) is 1. The standard InChI is InChI=1S/C22H26N2O/c23-21(17-25)16-24-22(18-10-4-1-5-11-18,19-12-6-2-7-13-19)20-14-8-3-9-15-20/h1-6,8,10-12,16-17,20,24H,7,9,13-15,23H2/b21-16-/t20-,22?/m1/s1. The van der Waals surface area contributed by atoms with E-state index >= 15 is 0 Å². The van der Waals surface area contributed by atoms with Gasteiger partial charge in [0.2, 0.25) is 0 Å². The van der Waals surface area contributed by atoms with Crippen molar-refractivity contribution in [2.24, 2.45) is 11.7 Å². The average Bonchev–Trinajstić information content (AvgIpc) is 2.71. The Morgan fingerprint density at radius 1 is 1.16 bits per heavy atom. The van der Waals surface area contributed by atoms with Crippen LogP contribution in [0, 0.1) is 5.92 Å². The molecule has 130 valence electrons. The molecular formula is C22H26N2O. The van der Waals surface area contributed by atoms with Crippen molar-refractivity contribution in [3.8, 4) is 0 Å². The molecule has 2 atom stereocenters. The van der Waals surface area contributed by atoms with Crippen molar-refractivity contribution in [3.63, 3.8) is 0 Å². The van der Waals surface area contributed by atoms with Crippen molar-refractivity contribution < 1.29 is 4.79 Å². The number of hydrogen-bond donors (Lipinski definition) is 2. The SMILES string of the molecule is N/C(C=O)=C\NC(C1=CC=CCC1)(c1ccccc1)[C@@H]1CC=CCC1. The van der Waals surface area contributed by atoms with Crippen molar-refractivity contribution in [3.05, 3.63) is 83.7 Å². The molecule has 1 aromatic rings. The molecule has 0 spiro atoms. The van der Waals surface area contributed by atoms with Gasteiger partial charge in [0.05, 0.1) is 11.2 Å². The molecule has 2 aliphatic carbocycles. The van der Waals surface area contributed by atoms with Crippen LogP contribution in [0.25, 0.3) is 0 Å². The Labute approximate surface area is 150 Å². The van der Waals surface area contributed by atoms with E-state index in [4.69, 9.17) is 5.73 Å². The Bertz CT molecular complexity index is 715. The molecule has 0 saturated carbocycles. The van der Waals surface area contributed by atoms with Crippen LogP contribution in [0.3, 0.4) is 0 Å². The highest BCUT2D eigenvalue weighted by Crippen LogP contribution is 2.45. The van der Waals surface area contributed by atoms with Crippen molar-refractivity contribution in [1.82, 2.24) is 5.32 Å². The number of hydrogen-bond acceptors (Lipinski definition) is 3. The topological polar surface area (TPSA) is 55.1 Å². The van der Waals surface area contributed by atoms with Crippen LogP contribution < -0.4 is 11.1 Å². The Hall–Kier alpha value is -2.55. The summed E-state index contributed by atoms with van der Waals surface area (Å²) in [7, 11) is 0. The van der Waals surface area contributed by atoms with Crippen LogP contribution in [-0.4, -0.2) is 6.29 Å². The van der Waals surface area contributed by atoms with Gasteiger partial charge in [0, 0.05) is 6.20 Å². The molecular weight excluding hydrogens is 308 g/mol. The zero-order chi connectivity index (χ0) is 17.5. The molecule has 1 unspecified atom stereocenters. The minimum atomic E-state index is -0.343. The van der Waals surface area contributed by atoms with Crippen LogP contribution in [-0.2, 0) is 10.3 Å². The van der Waals surface area contributed by atoms with Gasteiger partial charge in [0.15, 0.2) is 6.29 Å². The van der Waals surface area contributed by atoms with Crippen LogP contribution in [0.2, 0.25) is 0 Å². The average molecular weight is 334 g/mol. The Morgan fingerprint density at radius 3 is 2.64 bits per heavy atom. The molecule has 2 aliphatic rings. The van der Waals surface area contributed by atoms with Crippen molar-refractivity contribution in [1.29, 1.82) is 0 Å². The van der Waals surface area contributed by atoms with E-state index in [9.17, 15) is 4.79 Å². The fraction of sp³-hybridized carbons (Fsp3) is 0.318. The number of carbonyl (C=O) groups excluding carboxylic acids is 1. The molecule has 3 nitrogen and oxygen atoms in total. The Morgan fingerprint density at radius 2 is 2.00 bits per heavy atom. The predicted octanol–water partition coefficient (Wildman–Crippen LogP) is 4.10. The molecule has 1 aromatic carbocycles. The van der Waals surface area contributed by atoms with Crippen molar-refractivity contribution >= 4 is 6.29 Å². The molecule has 25 heavy (non-hydrogen) atoms. The first kappa shape index (κ1) is 17.3. The molecule has 0 bridgehead atoms.